The molecule has 0 saturated carbocycles. The van der Waals surface area contributed by atoms with Crippen molar-refractivity contribution in [3.05, 3.63) is 53.9 Å². The van der Waals surface area contributed by atoms with Gasteiger partial charge >= 0.3 is 6.09 Å². The molecule has 8 heteroatoms. The Kier molecular flexibility index (Phi) is 7.12. The first-order valence-corrected chi connectivity index (χ1v) is 12.7. The summed E-state index contributed by atoms with van der Waals surface area (Å²) in [6.45, 7) is 8.88. The van der Waals surface area contributed by atoms with Gasteiger partial charge in [-0.3, -0.25) is 4.98 Å². The first kappa shape index (κ1) is 24.0. The summed E-state index contributed by atoms with van der Waals surface area (Å²) in [5.74, 6) is 0.945. The molecule has 1 fully saturated rings. The van der Waals surface area contributed by atoms with E-state index in [0.717, 1.165) is 24.1 Å². The van der Waals surface area contributed by atoms with E-state index >= 15 is 0 Å². The summed E-state index contributed by atoms with van der Waals surface area (Å²) in [7, 11) is -3.23. The van der Waals surface area contributed by atoms with Crippen molar-refractivity contribution in [3.8, 4) is 5.75 Å². The highest BCUT2D eigenvalue weighted by molar-refractivity contribution is 7.90. The van der Waals surface area contributed by atoms with Crippen molar-refractivity contribution >= 4 is 15.9 Å². The fraction of sp³-hybridized carbons (Fsp3) is 0.500. The van der Waals surface area contributed by atoms with Crippen LogP contribution in [0.4, 0.5) is 4.79 Å². The zero-order valence-corrected chi connectivity index (χ0v) is 20.2. The van der Waals surface area contributed by atoms with E-state index in [2.05, 4.69) is 11.1 Å². The van der Waals surface area contributed by atoms with E-state index < -0.39 is 15.4 Å². The van der Waals surface area contributed by atoms with Gasteiger partial charge in [0.25, 0.3) is 0 Å². The van der Waals surface area contributed by atoms with E-state index in [4.69, 9.17) is 9.47 Å². The van der Waals surface area contributed by atoms with Crippen LogP contribution in [-0.2, 0) is 14.6 Å². The second-order valence-electron chi connectivity index (χ2n) is 9.26. The Hall–Kier alpha value is -2.61. The van der Waals surface area contributed by atoms with Crippen LogP contribution >= 0.6 is 0 Å². The maximum atomic E-state index is 12.2. The lowest BCUT2D eigenvalue weighted by atomic mass is 9.90. The average Bonchev–Trinajstić information content (AvgIpc) is 2.72. The van der Waals surface area contributed by atoms with Gasteiger partial charge in [-0.25, -0.2) is 13.2 Å². The van der Waals surface area contributed by atoms with Gasteiger partial charge in [-0.2, -0.15) is 0 Å². The molecule has 0 N–H and O–H groups in total. The number of hydrogen-bond acceptors (Lipinski definition) is 6. The van der Waals surface area contributed by atoms with Crippen molar-refractivity contribution in [2.75, 3.05) is 19.3 Å². The van der Waals surface area contributed by atoms with Gasteiger partial charge in [0.05, 0.1) is 10.6 Å². The molecule has 0 radical (unpaired) electrons. The Morgan fingerprint density at radius 2 is 1.72 bits per heavy atom. The summed E-state index contributed by atoms with van der Waals surface area (Å²) in [6.07, 6.45) is 4.29. The highest BCUT2D eigenvalue weighted by Crippen LogP contribution is 2.29. The van der Waals surface area contributed by atoms with Crippen LogP contribution in [0.2, 0.25) is 0 Å². The molecule has 0 bridgehead atoms. The van der Waals surface area contributed by atoms with Crippen LogP contribution in [-0.4, -0.2) is 49.3 Å². The summed E-state index contributed by atoms with van der Waals surface area (Å²) >= 11 is 0. The predicted molar refractivity (Wildman–Crippen MR) is 123 cm³/mol. The lowest BCUT2D eigenvalue weighted by Gasteiger charge is -2.33. The number of carbonyl (C=O) groups is 1. The summed E-state index contributed by atoms with van der Waals surface area (Å²) in [5.41, 5.74) is 1.47. The number of amides is 1. The Bertz CT molecular complexity index is 1020. The molecule has 1 amide bonds. The SMILES string of the molecule is CC(Oc1ccc(S(C)(=O)=O)cc1)c1ccc(C2CCN(C(=O)OC(C)(C)C)CC2)cn1. The first-order chi connectivity index (χ1) is 14.9. The number of ether oxygens (including phenoxy) is 2. The second-order valence-corrected chi connectivity index (χ2v) is 11.3. The van der Waals surface area contributed by atoms with Gasteiger partial charge in [0.15, 0.2) is 9.84 Å². The van der Waals surface area contributed by atoms with Crippen molar-refractivity contribution in [3.63, 3.8) is 0 Å². The zero-order valence-electron chi connectivity index (χ0n) is 19.4. The molecule has 1 aromatic heterocycles. The molecule has 3 rings (SSSR count). The van der Waals surface area contributed by atoms with Crippen molar-refractivity contribution in [1.82, 2.24) is 9.88 Å². The molecule has 1 unspecified atom stereocenters. The summed E-state index contributed by atoms with van der Waals surface area (Å²) in [6, 6.07) is 10.4. The van der Waals surface area contributed by atoms with Crippen LogP contribution in [0.3, 0.4) is 0 Å². The van der Waals surface area contributed by atoms with Crippen LogP contribution in [0.1, 0.15) is 63.8 Å². The van der Waals surface area contributed by atoms with Gasteiger partial charge < -0.3 is 14.4 Å². The molecule has 1 atom stereocenters. The van der Waals surface area contributed by atoms with E-state index in [1.54, 1.807) is 17.0 Å². The smallest absolute Gasteiger partial charge is 0.410 e. The van der Waals surface area contributed by atoms with Gasteiger partial charge in [-0.15, -0.1) is 0 Å². The number of sulfone groups is 1. The minimum Gasteiger partial charge on any atom is -0.484 e. The molecule has 1 aliphatic rings. The first-order valence-electron chi connectivity index (χ1n) is 10.8. The van der Waals surface area contributed by atoms with Crippen LogP contribution < -0.4 is 4.74 Å². The number of pyridine rings is 1. The molecule has 1 aliphatic heterocycles. The molecule has 174 valence electrons. The second kappa shape index (κ2) is 9.48. The van der Waals surface area contributed by atoms with Gasteiger partial charge in [0.1, 0.15) is 17.5 Å². The normalized spacial score (nSPS) is 16.5. The Labute approximate surface area is 190 Å². The Morgan fingerprint density at radius 1 is 1.09 bits per heavy atom. The molecule has 0 aliphatic carbocycles. The van der Waals surface area contributed by atoms with Gasteiger partial charge in [-0.1, -0.05) is 6.07 Å². The third kappa shape index (κ3) is 6.45. The third-order valence-corrected chi connectivity index (χ3v) is 6.54. The molecule has 7 nitrogen and oxygen atoms in total. The number of rotatable bonds is 5. The zero-order chi connectivity index (χ0) is 23.5. The fourth-order valence-electron chi connectivity index (χ4n) is 3.65. The molecule has 1 saturated heterocycles. The number of nitrogens with zero attached hydrogens (tertiary/aromatic N) is 2. The van der Waals surface area contributed by atoms with Gasteiger partial charge in [-0.05, 0) is 82.3 Å². The maximum Gasteiger partial charge on any atom is 0.410 e. The van der Waals surface area contributed by atoms with E-state index in [1.165, 1.54) is 18.4 Å². The van der Waals surface area contributed by atoms with E-state index in [1.807, 2.05) is 40.0 Å². The number of likely N-dealkylation sites (tertiary alicyclic amines) is 1. The van der Waals surface area contributed by atoms with Crippen LogP contribution in [0, 0.1) is 0 Å². The van der Waals surface area contributed by atoms with Crippen LogP contribution in [0.5, 0.6) is 5.75 Å². The predicted octanol–water partition coefficient (Wildman–Crippen LogP) is 4.74. The number of carbonyl (C=O) groups excluding carboxylic acids is 1. The highest BCUT2D eigenvalue weighted by Gasteiger charge is 2.27. The number of piperidine rings is 1. The third-order valence-electron chi connectivity index (χ3n) is 5.41. The number of aromatic nitrogens is 1. The fourth-order valence-corrected chi connectivity index (χ4v) is 4.28. The Morgan fingerprint density at radius 3 is 2.22 bits per heavy atom. The standard InChI is InChI=1S/C24H32N2O5S/c1-17(30-20-7-9-21(10-8-20)32(5,28)29)22-11-6-19(16-25-22)18-12-14-26(15-13-18)23(27)31-24(2,3)4/h6-11,16-18H,12-15H2,1-5H3. The van der Waals surface area contributed by atoms with E-state index in [-0.39, 0.29) is 17.1 Å². The lowest BCUT2D eigenvalue weighted by Crippen LogP contribution is -2.41. The number of benzene rings is 1. The van der Waals surface area contributed by atoms with Crippen molar-refractivity contribution in [1.29, 1.82) is 0 Å². The topological polar surface area (TPSA) is 85.8 Å². The Balaban J connectivity index is 1.55. The van der Waals surface area contributed by atoms with Gasteiger partial charge in [0, 0.05) is 25.5 Å². The molecule has 1 aromatic carbocycles. The van der Waals surface area contributed by atoms with Crippen LogP contribution in [0.15, 0.2) is 47.5 Å². The lowest BCUT2D eigenvalue weighted by molar-refractivity contribution is 0.0204. The molecule has 2 aromatic rings. The molecule has 2 heterocycles. The number of hydrogen-bond donors (Lipinski definition) is 0. The molecule has 0 spiro atoms. The minimum absolute atomic E-state index is 0.250. The molecular formula is C24H32N2O5S. The summed E-state index contributed by atoms with van der Waals surface area (Å²) in [5, 5.41) is 0. The quantitative estimate of drug-likeness (QED) is 0.641. The van der Waals surface area contributed by atoms with Gasteiger partial charge in [0.2, 0.25) is 0 Å². The summed E-state index contributed by atoms with van der Waals surface area (Å²) < 4.78 is 34.5. The maximum absolute atomic E-state index is 12.2. The average molecular weight is 461 g/mol. The van der Waals surface area contributed by atoms with Crippen molar-refractivity contribution in [2.24, 2.45) is 0 Å². The molecule has 32 heavy (non-hydrogen) atoms. The summed E-state index contributed by atoms with van der Waals surface area (Å²) in [4.78, 5) is 18.9. The van der Waals surface area contributed by atoms with Crippen molar-refractivity contribution < 1.29 is 22.7 Å². The minimum atomic E-state index is -3.23. The largest absolute Gasteiger partial charge is 0.484 e. The monoisotopic (exact) mass is 460 g/mol. The van der Waals surface area contributed by atoms with E-state index in [0.29, 0.717) is 24.8 Å². The van der Waals surface area contributed by atoms with Crippen molar-refractivity contribution in [2.45, 2.75) is 63.1 Å². The highest BCUT2D eigenvalue weighted by atomic mass is 32.2. The van der Waals surface area contributed by atoms with Crippen LogP contribution in [0.25, 0.3) is 0 Å². The molecular weight excluding hydrogens is 428 g/mol. The van der Waals surface area contributed by atoms with E-state index in [9.17, 15) is 13.2 Å².